The fourth-order valence-corrected chi connectivity index (χ4v) is 1.77. The van der Waals surface area contributed by atoms with Gasteiger partial charge in [-0.3, -0.25) is 0 Å². The summed E-state index contributed by atoms with van der Waals surface area (Å²) in [6.45, 7) is 9.04. The molecule has 0 saturated heterocycles. The summed E-state index contributed by atoms with van der Waals surface area (Å²) < 4.78 is 0. The van der Waals surface area contributed by atoms with E-state index in [1.807, 2.05) is 13.8 Å². The van der Waals surface area contributed by atoms with Gasteiger partial charge in [-0.1, -0.05) is 39.8 Å². The first kappa shape index (κ1) is 14.0. The van der Waals surface area contributed by atoms with Crippen LogP contribution >= 0.6 is 0 Å². The lowest BCUT2D eigenvalue weighted by Gasteiger charge is -2.26. The van der Waals surface area contributed by atoms with E-state index in [9.17, 15) is 5.11 Å². The van der Waals surface area contributed by atoms with Crippen molar-refractivity contribution in [3.05, 3.63) is 29.8 Å². The number of hydrogen-bond donors (Lipinski definition) is 2. The number of nitrogens with one attached hydrogen (secondary N) is 1. The Morgan fingerprint density at radius 3 is 2.41 bits per heavy atom. The van der Waals surface area contributed by atoms with Crippen molar-refractivity contribution in [1.29, 1.82) is 0 Å². The largest absolute Gasteiger partial charge is 0.388 e. The van der Waals surface area contributed by atoms with Gasteiger partial charge in [-0.05, 0) is 36.5 Å². The summed E-state index contributed by atoms with van der Waals surface area (Å²) in [4.78, 5) is 0. The third kappa shape index (κ3) is 4.04. The molecule has 0 aromatic heterocycles. The first-order chi connectivity index (χ1) is 8.00. The number of hydrogen-bond acceptors (Lipinski definition) is 2. The minimum Gasteiger partial charge on any atom is -0.388 e. The Labute approximate surface area is 105 Å². The van der Waals surface area contributed by atoms with Crippen LogP contribution in [0.1, 0.15) is 52.0 Å². The van der Waals surface area contributed by atoms with Gasteiger partial charge in [0.25, 0.3) is 0 Å². The van der Waals surface area contributed by atoms with Crippen LogP contribution in [0, 0.1) is 0 Å². The topological polar surface area (TPSA) is 32.3 Å². The molecule has 0 aliphatic rings. The first-order valence-electron chi connectivity index (χ1n) is 6.57. The zero-order chi connectivity index (χ0) is 12.9. The van der Waals surface area contributed by atoms with E-state index in [-0.39, 0.29) is 0 Å². The molecule has 96 valence electrons. The van der Waals surface area contributed by atoms with Crippen LogP contribution in [-0.4, -0.2) is 17.3 Å². The van der Waals surface area contributed by atoms with Crippen LogP contribution < -0.4 is 5.32 Å². The van der Waals surface area contributed by atoms with Crippen molar-refractivity contribution >= 4 is 5.69 Å². The summed E-state index contributed by atoms with van der Waals surface area (Å²) in [7, 11) is 0. The molecule has 17 heavy (non-hydrogen) atoms. The van der Waals surface area contributed by atoms with E-state index in [0.717, 1.165) is 18.5 Å². The van der Waals surface area contributed by atoms with Crippen molar-refractivity contribution in [3.8, 4) is 0 Å². The molecule has 0 atom stereocenters. The first-order valence-corrected chi connectivity index (χ1v) is 6.57. The van der Waals surface area contributed by atoms with Crippen molar-refractivity contribution < 1.29 is 5.11 Å². The molecule has 0 aliphatic heterocycles. The maximum atomic E-state index is 10.2. The monoisotopic (exact) mass is 235 g/mol. The summed E-state index contributed by atoms with van der Waals surface area (Å²) in [5.41, 5.74) is 1.83. The molecule has 0 spiro atoms. The molecule has 0 bridgehead atoms. The quantitative estimate of drug-likeness (QED) is 0.786. The minimum absolute atomic E-state index is 0.535. The van der Waals surface area contributed by atoms with Gasteiger partial charge in [0.15, 0.2) is 0 Å². The Bertz CT molecular complexity index is 343. The lowest BCUT2D eigenvalue weighted by atomic mass is 9.97. The molecule has 0 aliphatic carbocycles. The third-order valence-electron chi connectivity index (χ3n) is 3.49. The van der Waals surface area contributed by atoms with E-state index in [2.05, 4.69) is 43.4 Å². The van der Waals surface area contributed by atoms with E-state index >= 15 is 0 Å². The zero-order valence-corrected chi connectivity index (χ0v) is 11.5. The van der Waals surface area contributed by atoms with Crippen molar-refractivity contribution in [1.82, 2.24) is 0 Å². The van der Waals surface area contributed by atoms with E-state index in [4.69, 9.17) is 0 Å². The molecular formula is C15H25NO. The van der Waals surface area contributed by atoms with Gasteiger partial charge in [0.05, 0.1) is 5.60 Å². The van der Waals surface area contributed by atoms with Crippen LogP contribution in [0.5, 0.6) is 0 Å². The average molecular weight is 235 g/mol. The predicted octanol–water partition coefficient (Wildman–Crippen LogP) is 3.77. The van der Waals surface area contributed by atoms with E-state index in [1.165, 1.54) is 5.56 Å². The highest BCUT2D eigenvalue weighted by Crippen LogP contribution is 2.20. The molecule has 1 aromatic carbocycles. The average Bonchev–Trinajstić information content (AvgIpc) is 2.36. The lowest BCUT2D eigenvalue weighted by Crippen LogP contribution is -2.35. The summed E-state index contributed by atoms with van der Waals surface area (Å²) in [6.07, 6.45) is 1.56. The van der Waals surface area contributed by atoms with Gasteiger partial charge < -0.3 is 10.4 Å². The Morgan fingerprint density at radius 2 is 1.88 bits per heavy atom. The smallest absolute Gasteiger partial charge is 0.0814 e. The van der Waals surface area contributed by atoms with Gasteiger partial charge in [0.2, 0.25) is 0 Å². The van der Waals surface area contributed by atoms with Crippen LogP contribution in [0.4, 0.5) is 5.69 Å². The number of benzene rings is 1. The molecule has 0 saturated carbocycles. The van der Waals surface area contributed by atoms with Crippen molar-refractivity contribution in [3.63, 3.8) is 0 Å². The Kier molecular flexibility index (Phi) is 5.01. The van der Waals surface area contributed by atoms with Crippen LogP contribution in [-0.2, 0) is 0 Å². The molecule has 0 radical (unpaired) electrons. The number of anilines is 1. The highest BCUT2D eigenvalue weighted by atomic mass is 16.3. The molecule has 1 aromatic rings. The van der Waals surface area contributed by atoms with Gasteiger partial charge in [0, 0.05) is 12.2 Å². The minimum atomic E-state index is -0.589. The van der Waals surface area contributed by atoms with Gasteiger partial charge in [0.1, 0.15) is 0 Å². The van der Waals surface area contributed by atoms with Gasteiger partial charge in [-0.25, -0.2) is 0 Å². The molecule has 2 heteroatoms. The van der Waals surface area contributed by atoms with Crippen LogP contribution in [0.25, 0.3) is 0 Å². The van der Waals surface area contributed by atoms with Crippen molar-refractivity contribution in [2.45, 2.75) is 52.1 Å². The standard InChI is InChI=1S/C15H25NO/c1-5-15(17,6-2)11-16-14-9-7-8-13(10-14)12(3)4/h7-10,12,16-17H,5-6,11H2,1-4H3. The number of aliphatic hydroxyl groups is 1. The second kappa shape index (κ2) is 6.06. The van der Waals surface area contributed by atoms with E-state index in [1.54, 1.807) is 0 Å². The normalized spacial score (nSPS) is 11.9. The molecule has 2 N–H and O–H groups in total. The van der Waals surface area contributed by atoms with Crippen molar-refractivity contribution in [2.75, 3.05) is 11.9 Å². The fourth-order valence-electron chi connectivity index (χ4n) is 1.77. The molecule has 0 unspecified atom stereocenters. The maximum absolute atomic E-state index is 10.2. The highest BCUT2D eigenvalue weighted by Gasteiger charge is 2.21. The second-order valence-corrected chi connectivity index (χ2v) is 5.07. The Balaban J connectivity index is 2.66. The molecular weight excluding hydrogens is 210 g/mol. The molecule has 1 rings (SSSR count). The van der Waals surface area contributed by atoms with Gasteiger partial charge >= 0.3 is 0 Å². The summed E-state index contributed by atoms with van der Waals surface area (Å²) >= 11 is 0. The maximum Gasteiger partial charge on any atom is 0.0814 e. The second-order valence-electron chi connectivity index (χ2n) is 5.07. The summed E-state index contributed by atoms with van der Waals surface area (Å²) in [6, 6.07) is 8.42. The van der Waals surface area contributed by atoms with E-state index in [0.29, 0.717) is 12.5 Å². The van der Waals surface area contributed by atoms with Crippen LogP contribution in [0.2, 0.25) is 0 Å². The van der Waals surface area contributed by atoms with Gasteiger partial charge in [-0.2, -0.15) is 0 Å². The molecule has 0 heterocycles. The Morgan fingerprint density at radius 1 is 1.24 bits per heavy atom. The number of rotatable bonds is 6. The van der Waals surface area contributed by atoms with Gasteiger partial charge in [-0.15, -0.1) is 0 Å². The van der Waals surface area contributed by atoms with Crippen LogP contribution in [0.3, 0.4) is 0 Å². The molecule has 0 fully saturated rings. The van der Waals surface area contributed by atoms with Crippen molar-refractivity contribution in [2.24, 2.45) is 0 Å². The third-order valence-corrected chi connectivity index (χ3v) is 3.49. The highest BCUT2D eigenvalue weighted by molar-refractivity contribution is 5.46. The fraction of sp³-hybridized carbons (Fsp3) is 0.600. The lowest BCUT2D eigenvalue weighted by molar-refractivity contribution is 0.0457. The predicted molar refractivity (Wildman–Crippen MR) is 74.6 cm³/mol. The van der Waals surface area contributed by atoms with E-state index < -0.39 is 5.60 Å². The summed E-state index contributed by atoms with van der Waals surface area (Å²) in [5.74, 6) is 0.535. The van der Waals surface area contributed by atoms with Crippen LogP contribution in [0.15, 0.2) is 24.3 Å². The SMILES string of the molecule is CCC(O)(CC)CNc1cccc(C(C)C)c1. The molecule has 0 amide bonds. The molecule has 2 nitrogen and oxygen atoms in total. The Hall–Kier alpha value is -1.02. The zero-order valence-electron chi connectivity index (χ0n) is 11.5. The summed E-state index contributed by atoms with van der Waals surface area (Å²) in [5, 5.41) is 13.5.